The summed E-state index contributed by atoms with van der Waals surface area (Å²) in [6, 6.07) is 24.3. The van der Waals surface area contributed by atoms with E-state index >= 15 is 0 Å². The van der Waals surface area contributed by atoms with Crippen LogP contribution < -0.4 is 10.6 Å². The van der Waals surface area contributed by atoms with Gasteiger partial charge in [-0.2, -0.15) is 4.98 Å². The number of pyridine rings is 1. The lowest BCUT2D eigenvalue weighted by Crippen LogP contribution is -2.06. The molecule has 0 radical (unpaired) electrons. The van der Waals surface area contributed by atoms with Gasteiger partial charge in [-0.15, -0.1) is 0 Å². The molecule has 28 heavy (non-hydrogen) atoms. The Morgan fingerprint density at radius 1 is 0.821 bits per heavy atom. The highest BCUT2D eigenvalue weighted by atomic mass is 15.1. The highest BCUT2D eigenvalue weighted by molar-refractivity contribution is 5.67. The van der Waals surface area contributed by atoms with Crippen LogP contribution in [0, 0.1) is 6.92 Å². The van der Waals surface area contributed by atoms with Crippen molar-refractivity contribution in [1.82, 2.24) is 15.0 Å². The Morgan fingerprint density at radius 2 is 1.57 bits per heavy atom. The molecule has 0 aliphatic rings. The zero-order valence-corrected chi connectivity index (χ0v) is 15.6. The molecule has 4 aromatic rings. The molecule has 0 aliphatic carbocycles. The summed E-state index contributed by atoms with van der Waals surface area (Å²) in [5.74, 6) is 1.32. The van der Waals surface area contributed by atoms with Gasteiger partial charge in [0, 0.05) is 36.3 Å². The van der Waals surface area contributed by atoms with E-state index in [-0.39, 0.29) is 0 Å². The van der Waals surface area contributed by atoms with E-state index in [1.807, 2.05) is 60.7 Å². The highest BCUT2D eigenvalue weighted by Crippen LogP contribution is 2.24. The molecule has 4 rings (SSSR count). The standard InChI is InChI=1S/C23H21N5/c1-17-7-9-20(10-8-17)26-22-15-21(19-5-3-2-4-6-19)27-23(28-22)25-16-18-11-13-24-14-12-18/h2-15H,16H2,1H3,(H2,25,26,27,28). The van der Waals surface area contributed by atoms with Crippen molar-refractivity contribution in [2.24, 2.45) is 0 Å². The zero-order chi connectivity index (χ0) is 19.2. The highest BCUT2D eigenvalue weighted by Gasteiger charge is 2.07. The van der Waals surface area contributed by atoms with Gasteiger partial charge in [0.25, 0.3) is 0 Å². The summed E-state index contributed by atoms with van der Waals surface area (Å²) >= 11 is 0. The minimum Gasteiger partial charge on any atom is -0.350 e. The second kappa shape index (κ2) is 8.31. The average Bonchev–Trinajstić information content (AvgIpc) is 2.75. The molecule has 5 heteroatoms. The maximum Gasteiger partial charge on any atom is 0.225 e. The summed E-state index contributed by atoms with van der Waals surface area (Å²) in [5, 5.41) is 6.70. The molecule has 0 spiro atoms. The smallest absolute Gasteiger partial charge is 0.225 e. The van der Waals surface area contributed by atoms with Crippen LogP contribution in [0.4, 0.5) is 17.5 Å². The van der Waals surface area contributed by atoms with Crippen molar-refractivity contribution in [3.05, 3.63) is 96.3 Å². The molecule has 2 N–H and O–H groups in total. The third kappa shape index (κ3) is 4.51. The molecule has 0 unspecified atom stereocenters. The molecule has 2 heterocycles. The molecule has 0 fully saturated rings. The van der Waals surface area contributed by atoms with E-state index in [1.165, 1.54) is 5.56 Å². The van der Waals surface area contributed by atoms with Gasteiger partial charge in [0.2, 0.25) is 5.95 Å². The SMILES string of the molecule is Cc1ccc(Nc2cc(-c3ccccc3)nc(NCc3ccncc3)n2)cc1. The van der Waals surface area contributed by atoms with Gasteiger partial charge in [-0.25, -0.2) is 4.98 Å². The topological polar surface area (TPSA) is 62.7 Å². The normalized spacial score (nSPS) is 10.5. The van der Waals surface area contributed by atoms with Gasteiger partial charge in [0.1, 0.15) is 5.82 Å². The van der Waals surface area contributed by atoms with Gasteiger partial charge in [0.05, 0.1) is 5.69 Å². The summed E-state index contributed by atoms with van der Waals surface area (Å²) < 4.78 is 0. The van der Waals surface area contributed by atoms with E-state index in [0.717, 1.165) is 28.3 Å². The molecule has 0 atom stereocenters. The lowest BCUT2D eigenvalue weighted by atomic mass is 10.1. The molecule has 0 aliphatic heterocycles. The zero-order valence-electron chi connectivity index (χ0n) is 15.6. The van der Waals surface area contributed by atoms with Crippen LogP contribution in [0.1, 0.15) is 11.1 Å². The Hall–Kier alpha value is -3.73. The number of hydrogen-bond donors (Lipinski definition) is 2. The van der Waals surface area contributed by atoms with E-state index in [4.69, 9.17) is 4.98 Å². The first-order chi connectivity index (χ1) is 13.8. The molecule has 5 nitrogen and oxygen atoms in total. The second-order valence-electron chi connectivity index (χ2n) is 6.53. The monoisotopic (exact) mass is 367 g/mol. The number of aromatic nitrogens is 3. The molecule has 138 valence electrons. The predicted octanol–water partition coefficient (Wildman–Crippen LogP) is 5.20. The number of benzene rings is 2. The van der Waals surface area contributed by atoms with Crippen LogP contribution >= 0.6 is 0 Å². The largest absolute Gasteiger partial charge is 0.350 e. The lowest BCUT2D eigenvalue weighted by molar-refractivity contribution is 1.05. The van der Waals surface area contributed by atoms with Crippen molar-refractivity contribution in [3.8, 4) is 11.3 Å². The number of anilines is 3. The van der Waals surface area contributed by atoms with Crippen molar-refractivity contribution in [1.29, 1.82) is 0 Å². The average molecular weight is 367 g/mol. The maximum absolute atomic E-state index is 4.70. The van der Waals surface area contributed by atoms with Crippen LogP contribution in [0.5, 0.6) is 0 Å². The van der Waals surface area contributed by atoms with Crippen LogP contribution in [0.25, 0.3) is 11.3 Å². The summed E-state index contributed by atoms with van der Waals surface area (Å²) in [7, 11) is 0. The number of aryl methyl sites for hydroxylation is 1. The van der Waals surface area contributed by atoms with Crippen molar-refractivity contribution in [2.75, 3.05) is 10.6 Å². The van der Waals surface area contributed by atoms with E-state index in [9.17, 15) is 0 Å². The van der Waals surface area contributed by atoms with Crippen LogP contribution in [0.15, 0.2) is 85.2 Å². The Bertz CT molecular complexity index is 1030. The minimum atomic E-state index is 0.577. The van der Waals surface area contributed by atoms with E-state index in [0.29, 0.717) is 12.5 Å². The van der Waals surface area contributed by atoms with Crippen LogP contribution in [0.3, 0.4) is 0 Å². The van der Waals surface area contributed by atoms with Crippen molar-refractivity contribution in [2.45, 2.75) is 13.5 Å². The molecule has 0 amide bonds. The van der Waals surface area contributed by atoms with E-state index < -0.39 is 0 Å². The van der Waals surface area contributed by atoms with Gasteiger partial charge in [-0.05, 0) is 36.8 Å². The van der Waals surface area contributed by atoms with Gasteiger partial charge < -0.3 is 10.6 Å². The second-order valence-corrected chi connectivity index (χ2v) is 6.53. The number of nitrogens with one attached hydrogen (secondary N) is 2. The molecular formula is C23H21N5. The van der Waals surface area contributed by atoms with E-state index in [1.54, 1.807) is 12.4 Å². The van der Waals surface area contributed by atoms with Crippen molar-refractivity contribution < 1.29 is 0 Å². The van der Waals surface area contributed by atoms with E-state index in [2.05, 4.69) is 39.7 Å². The van der Waals surface area contributed by atoms with Crippen LogP contribution in [-0.4, -0.2) is 15.0 Å². The first-order valence-electron chi connectivity index (χ1n) is 9.17. The fraction of sp³-hybridized carbons (Fsp3) is 0.0870. The first-order valence-corrected chi connectivity index (χ1v) is 9.17. The summed E-state index contributed by atoms with van der Waals surface area (Å²) in [6.07, 6.45) is 3.56. The van der Waals surface area contributed by atoms with Crippen molar-refractivity contribution in [3.63, 3.8) is 0 Å². The molecular weight excluding hydrogens is 346 g/mol. The summed E-state index contributed by atoms with van der Waals surface area (Å²) in [6.45, 7) is 2.70. The fourth-order valence-electron chi connectivity index (χ4n) is 2.81. The van der Waals surface area contributed by atoms with Crippen molar-refractivity contribution >= 4 is 17.5 Å². The molecule has 0 saturated carbocycles. The Morgan fingerprint density at radius 3 is 2.32 bits per heavy atom. The predicted molar refractivity (Wildman–Crippen MR) is 113 cm³/mol. The summed E-state index contributed by atoms with van der Waals surface area (Å²) in [5.41, 5.74) is 5.24. The van der Waals surface area contributed by atoms with Crippen LogP contribution in [-0.2, 0) is 6.54 Å². The number of hydrogen-bond acceptors (Lipinski definition) is 5. The lowest BCUT2D eigenvalue weighted by Gasteiger charge is -2.12. The number of nitrogens with zero attached hydrogens (tertiary/aromatic N) is 3. The molecule has 0 bridgehead atoms. The maximum atomic E-state index is 4.70. The molecule has 2 aromatic carbocycles. The van der Waals surface area contributed by atoms with Gasteiger partial charge in [-0.1, -0.05) is 48.0 Å². The van der Waals surface area contributed by atoms with Gasteiger partial charge in [0.15, 0.2) is 0 Å². The molecule has 0 saturated heterocycles. The third-order valence-corrected chi connectivity index (χ3v) is 4.32. The van der Waals surface area contributed by atoms with Gasteiger partial charge >= 0.3 is 0 Å². The van der Waals surface area contributed by atoms with Crippen LogP contribution in [0.2, 0.25) is 0 Å². The quantitative estimate of drug-likeness (QED) is 0.490. The summed E-state index contributed by atoms with van der Waals surface area (Å²) in [4.78, 5) is 13.4. The van der Waals surface area contributed by atoms with Gasteiger partial charge in [-0.3, -0.25) is 4.98 Å². The third-order valence-electron chi connectivity index (χ3n) is 4.32. The fourth-order valence-corrected chi connectivity index (χ4v) is 2.81. The number of rotatable bonds is 6. The first kappa shape index (κ1) is 17.7. The Balaban J connectivity index is 1.63. The minimum absolute atomic E-state index is 0.577. The Kier molecular flexibility index (Phi) is 5.24. The Labute approximate surface area is 164 Å². The molecule has 2 aromatic heterocycles.